The van der Waals surface area contributed by atoms with Crippen LogP contribution in [0.15, 0.2) is 59.6 Å². The lowest BCUT2D eigenvalue weighted by Crippen LogP contribution is -2.14. The van der Waals surface area contributed by atoms with Gasteiger partial charge in [0, 0.05) is 33.6 Å². The van der Waals surface area contributed by atoms with Gasteiger partial charge in [-0.25, -0.2) is 8.42 Å². The minimum Gasteiger partial charge on any atom is -0.282 e. The van der Waals surface area contributed by atoms with Crippen molar-refractivity contribution in [2.45, 2.75) is 11.8 Å². The van der Waals surface area contributed by atoms with Crippen LogP contribution >= 0.6 is 11.6 Å². The van der Waals surface area contributed by atoms with Gasteiger partial charge >= 0.3 is 0 Å². The van der Waals surface area contributed by atoms with Crippen molar-refractivity contribution in [2.75, 3.05) is 4.72 Å². The lowest BCUT2D eigenvalue weighted by atomic mass is 10.1. The van der Waals surface area contributed by atoms with Crippen molar-refractivity contribution in [1.82, 2.24) is 15.2 Å². The molecule has 9 heteroatoms. The van der Waals surface area contributed by atoms with Crippen molar-refractivity contribution in [3.8, 4) is 17.3 Å². The fourth-order valence-electron chi connectivity index (χ4n) is 2.92. The number of aryl methyl sites for hydroxylation is 1. The van der Waals surface area contributed by atoms with Crippen LogP contribution < -0.4 is 4.72 Å². The molecule has 4 rings (SSSR count). The molecular weight excluding hydrogens is 410 g/mol. The van der Waals surface area contributed by atoms with Crippen LogP contribution in [-0.2, 0) is 10.0 Å². The number of sulfonamides is 1. The molecule has 2 aromatic carbocycles. The topological polar surface area (TPSA) is 112 Å². The first-order chi connectivity index (χ1) is 13.9. The molecule has 0 saturated heterocycles. The molecule has 144 valence electrons. The Hall–Kier alpha value is -3.41. The molecule has 4 aromatic rings. The van der Waals surface area contributed by atoms with Gasteiger partial charge in [0.25, 0.3) is 10.0 Å². The zero-order chi connectivity index (χ0) is 20.6. The number of fused-ring (bicyclic) bond motifs is 1. The van der Waals surface area contributed by atoms with Crippen LogP contribution in [0.5, 0.6) is 0 Å². The number of nitrogens with one attached hydrogen (secondary N) is 2. The van der Waals surface area contributed by atoms with E-state index in [2.05, 4.69) is 19.9 Å². The first-order valence-electron chi connectivity index (χ1n) is 8.51. The van der Waals surface area contributed by atoms with Gasteiger partial charge in [0.1, 0.15) is 11.0 Å². The van der Waals surface area contributed by atoms with Gasteiger partial charge in [-0.3, -0.25) is 14.8 Å². The molecule has 2 N–H and O–H groups in total. The lowest BCUT2D eigenvalue weighted by molar-refractivity contribution is 0.601. The highest BCUT2D eigenvalue weighted by molar-refractivity contribution is 7.92. The molecule has 0 atom stereocenters. The van der Waals surface area contributed by atoms with Gasteiger partial charge in [0.05, 0.1) is 16.8 Å². The second-order valence-corrected chi connectivity index (χ2v) is 8.46. The van der Waals surface area contributed by atoms with Crippen LogP contribution in [0.25, 0.3) is 22.2 Å². The summed E-state index contributed by atoms with van der Waals surface area (Å²) in [5.41, 5.74) is 3.67. The molecule has 0 fully saturated rings. The Balaban J connectivity index is 1.62. The molecule has 0 spiro atoms. The monoisotopic (exact) mass is 423 g/mol. The Labute approximate surface area is 172 Å². The minimum atomic E-state index is -3.97. The normalized spacial score (nSPS) is 11.3. The summed E-state index contributed by atoms with van der Waals surface area (Å²) in [6.07, 6.45) is 1.75. The van der Waals surface area contributed by atoms with Gasteiger partial charge in [-0.1, -0.05) is 23.7 Å². The van der Waals surface area contributed by atoms with Crippen molar-refractivity contribution >= 4 is 38.2 Å². The predicted octanol–water partition coefficient (Wildman–Crippen LogP) is 4.26. The van der Waals surface area contributed by atoms with E-state index in [1.165, 1.54) is 18.2 Å². The zero-order valence-electron chi connectivity index (χ0n) is 15.1. The van der Waals surface area contributed by atoms with Crippen LogP contribution in [0, 0.1) is 18.3 Å². The maximum atomic E-state index is 12.7. The number of H-pyrrole nitrogens is 1. The third kappa shape index (κ3) is 3.66. The molecule has 0 unspecified atom stereocenters. The molecule has 29 heavy (non-hydrogen) atoms. The molecule has 7 nitrogen and oxygen atoms in total. The summed E-state index contributed by atoms with van der Waals surface area (Å²) in [5, 5.41) is 17.5. The Kier molecular flexibility index (Phi) is 4.70. The number of pyridine rings is 1. The second kappa shape index (κ2) is 7.20. The van der Waals surface area contributed by atoms with Crippen LogP contribution in [0.3, 0.4) is 0 Å². The molecule has 2 aromatic heterocycles. The minimum absolute atomic E-state index is 0.0188. The van der Waals surface area contributed by atoms with Gasteiger partial charge < -0.3 is 0 Å². The smallest absolute Gasteiger partial charge is 0.263 e. The van der Waals surface area contributed by atoms with Gasteiger partial charge in [-0.2, -0.15) is 10.4 Å². The Morgan fingerprint density at radius 2 is 1.90 bits per heavy atom. The highest BCUT2D eigenvalue weighted by Crippen LogP contribution is 2.26. The number of benzene rings is 2. The van der Waals surface area contributed by atoms with Gasteiger partial charge in [-0.15, -0.1) is 0 Å². The molecule has 2 heterocycles. The number of rotatable bonds is 4. The first kappa shape index (κ1) is 18.9. The molecule has 0 bridgehead atoms. The number of aromatic nitrogens is 3. The van der Waals surface area contributed by atoms with Crippen molar-refractivity contribution in [3.63, 3.8) is 0 Å². The number of nitrogens with zero attached hydrogens (tertiary/aromatic N) is 3. The van der Waals surface area contributed by atoms with E-state index in [1.54, 1.807) is 30.5 Å². The Morgan fingerprint density at radius 1 is 1.14 bits per heavy atom. The van der Waals surface area contributed by atoms with Crippen LogP contribution in [0.4, 0.5) is 5.69 Å². The second-order valence-electron chi connectivity index (χ2n) is 6.37. The van der Waals surface area contributed by atoms with Crippen molar-refractivity contribution < 1.29 is 8.42 Å². The lowest BCUT2D eigenvalue weighted by Gasteiger charge is -2.10. The van der Waals surface area contributed by atoms with Crippen molar-refractivity contribution in [2.24, 2.45) is 0 Å². The third-order valence-corrected chi connectivity index (χ3v) is 6.07. The molecule has 0 aliphatic rings. The van der Waals surface area contributed by atoms with E-state index in [9.17, 15) is 13.7 Å². The summed E-state index contributed by atoms with van der Waals surface area (Å²) < 4.78 is 27.9. The molecule has 0 aliphatic heterocycles. The third-order valence-electron chi connectivity index (χ3n) is 4.42. The maximum absolute atomic E-state index is 12.7. The number of anilines is 1. The first-order valence-corrected chi connectivity index (χ1v) is 10.4. The summed E-state index contributed by atoms with van der Waals surface area (Å²) in [7, 11) is -3.97. The fourth-order valence-corrected chi connectivity index (χ4v) is 4.40. The van der Waals surface area contributed by atoms with Gasteiger partial charge in [0.15, 0.2) is 0 Å². The number of nitriles is 1. The highest BCUT2D eigenvalue weighted by Gasteiger charge is 2.19. The SMILES string of the molecule is Cc1[nH]nc2cc(-c3ccc(NS(=O)(=O)c4cc(Cl)ccc4C#N)cc3)ncc12. The highest BCUT2D eigenvalue weighted by atomic mass is 35.5. The van der Waals surface area contributed by atoms with E-state index in [-0.39, 0.29) is 15.5 Å². The van der Waals surface area contributed by atoms with Gasteiger partial charge in [0.2, 0.25) is 0 Å². The van der Waals surface area contributed by atoms with Crippen LogP contribution in [0.2, 0.25) is 5.02 Å². The molecule has 0 radical (unpaired) electrons. The van der Waals surface area contributed by atoms with Crippen LogP contribution in [-0.4, -0.2) is 23.6 Å². The summed E-state index contributed by atoms with van der Waals surface area (Å²) in [4.78, 5) is 4.28. The van der Waals surface area contributed by atoms with Gasteiger partial charge in [-0.05, 0) is 43.3 Å². The summed E-state index contributed by atoms with van der Waals surface area (Å²) >= 11 is 5.90. The number of halogens is 1. The average molecular weight is 424 g/mol. The number of hydrogen-bond donors (Lipinski definition) is 2. The summed E-state index contributed by atoms with van der Waals surface area (Å²) in [5.74, 6) is 0. The average Bonchev–Trinajstić information content (AvgIpc) is 3.08. The van der Waals surface area contributed by atoms with E-state index in [0.29, 0.717) is 5.69 Å². The van der Waals surface area contributed by atoms with E-state index in [4.69, 9.17) is 11.6 Å². The Bertz CT molecular complexity index is 1370. The van der Waals surface area contributed by atoms with E-state index < -0.39 is 10.0 Å². The largest absolute Gasteiger partial charge is 0.282 e. The number of hydrogen-bond acceptors (Lipinski definition) is 5. The quantitative estimate of drug-likeness (QED) is 0.509. The summed E-state index contributed by atoms with van der Waals surface area (Å²) in [6.45, 7) is 1.93. The van der Waals surface area contributed by atoms with Crippen LogP contribution in [0.1, 0.15) is 11.3 Å². The molecule has 0 amide bonds. The fraction of sp³-hybridized carbons (Fsp3) is 0.0500. The number of aromatic amines is 1. The standard InChI is InChI=1S/C20H14ClN5O2S/c1-12-17-11-23-18(9-19(17)25-24-12)13-3-6-16(7-4-13)26-29(27,28)20-8-15(21)5-2-14(20)10-22/h2-9,11,26H,1H3,(H,24,25). The van der Waals surface area contributed by atoms with E-state index >= 15 is 0 Å². The molecule has 0 aliphatic carbocycles. The molecule has 0 saturated carbocycles. The molecular formula is C20H14ClN5O2S. The predicted molar refractivity (Wildman–Crippen MR) is 111 cm³/mol. The Morgan fingerprint density at radius 3 is 2.62 bits per heavy atom. The van der Waals surface area contributed by atoms with Crippen molar-refractivity contribution in [3.05, 3.63) is 71.0 Å². The maximum Gasteiger partial charge on any atom is 0.263 e. The van der Waals surface area contributed by atoms with E-state index in [0.717, 1.165) is 27.9 Å². The zero-order valence-corrected chi connectivity index (χ0v) is 16.7. The van der Waals surface area contributed by atoms with E-state index in [1.807, 2.05) is 19.1 Å². The summed E-state index contributed by atoms with van der Waals surface area (Å²) in [6, 6.07) is 14.6. The van der Waals surface area contributed by atoms with Crippen molar-refractivity contribution in [1.29, 1.82) is 5.26 Å².